The minimum Gasteiger partial charge on any atom is -0.468 e. The lowest BCUT2D eigenvalue weighted by molar-refractivity contribution is -0.168. The first-order valence-corrected chi connectivity index (χ1v) is 7.83. The van der Waals surface area contributed by atoms with Gasteiger partial charge in [-0.15, -0.1) is 0 Å². The zero-order valence-corrected chi connectivity index (χ0v) is 14.4. The molecule has 1 fully saturated rings. The van der Waals surface area contributed by atoms with Crippen molar-refractivity contribution in [2.75, 3.05) is 14.2 Å². The number of methoxy groups -OCH3 is 2. The highest BCUT2D eigenvalue weighted by molar-refractivity contribution is 5.90. The molecule has 24 heavy (non-hydrogen) atoms. The Hall–Kier alpha value is -2.37. The molecule has 0 bridgehead atoms. The minimum atomic E-state index is -1.15. The summed E-state index contributed by atoms with van der Waals surface area (Å²) in [4.78, 5) is 36.2. The third-order valence-corrected chi connectivity index (χ3v) is 4.79. The largest absolute Gasteiger partial charge is 0.468 e. The fourth-order valence-corrected chi connectivity index (χ4v) is 3.47. The first kappa shape index (κ1) is 18.0. The number of esters is 3. The van der Waals surface area contributed by atoms with Crippen molar-refractivity contribution < 1.29 is 28.6 Å². The molecular formula is C18H22O6. The number of hydrogen-bond acceptors (Lipinski definition) is 6. The molecule has 2 unspecified atom stereocenters. The van der Waals surface area contributed by atoms with Gasteiger partial charge in [-0.3, -0.25) is 9.59 Å². The third-order valence-electron chi connectivity index (χ3n) is 4.79. The first-order valence-electron chi connectivity index (χ1n) is 7.83. The summed E-state index contributed by atoms with van der Waals surface area (Å²) in [7, 11) is 2.61. The average molecular weight is 334 g/mol. The van der Waals surface area contributed by atoms with E-state index in [1.54, 1.807) is 31.2 Å². The van der Waals surface area contributed by atoms with Gasteiger partial charge in [-0.25, -0.2) is 4.79 Å². The molecule has 0 saturated carbocycles. The standard InChI is InChI=1S/C18H22O6/c1-5-10-18(16(21)23-4)11-14(19)24-17(18,2)13-8-6-12(7-9-13)15(20)22-3/h6-9H,5,10-11H2,1-4H3. The zero-order chi connectivity index (χ0) is 18.0. The van der Waals surface area contributed by atoms with E-state index >= 15 is 0 Å². The Labute approximate surface area is 141 Å². The van der Waals surface area contributed by atoms with Crippen LogP contribution in [0.15, 0.2) is 24.3 Å². The molecule has 1 aliphatic rings. The molecule has 0 spiro atoms. The van der Waals surface area contributed by atoms with Gasteiger partial charge < -0.3 is 14.2 Å². The molecule has 0 N–H and O–H groups in total. The molecule has 0 amide bonds. The lowest BCUT2D eigenvalue weighted by Gasteiger charge is -2.39. The maximum absolute atomic E-state index is 12.6. The molecule has 0 aliphatic carbocycles. The zero-order valence-electron chi connectivity index (χ0n) is 14.4. The molecule has 1 heterocycles. The Bertz CT molecular complexity index is 650. The van der Waals surface area contributed by atoms with Gasteiger partial charge >= 0.3 is 17.9 Å². The second-order valence-electron chi connectivity index (χ2n) is 6.08. The molecule has 0 radical (unpaired) electrons. The topological polar surface area (TPSA) is 78.9 Å². The van der Waals surface area contributed by atoms with Crippen molar-refractivity contribution in [2.45, 2.75) is 38.7 Å². The maximum Gasteiger partial charge on any atom is 0.337 e. The molecule has 130 valence electrons. The van der Waals surface area contributed by atoms with E-state index in [-0.39, 0.29) is 6.42 Å². The van der Waals surface area contributed by atoms with Crippen LogP contribution in [-0.4, -0.2) is 32.1 Å². The lowest BCUT2D eigenvalue weighted by Crippen LogP contribution is -2.46. The Morgan fingerprint density at radius 1 is 1.17 bits per heavy atom. The van der Waals surface area contributed by atoms with Crippen LogP contribution < -0.4 is 0 Å². The van der Waals surface area contributed by atoms with E-state index in [0.29, 0.717) is 24.0 Å². The normalized spacial score (nSPS) is 25.9. The highest BCUT2D eigenvalue weighted by Crippen LogP contribution is 2.54. The van der Waals surface area contributed by atoms with Crippen LogP contribution in [0.25, 0.3) is 0 Å². The van der Waals surface area contributed by atoms with Gasteiger partial charge in [0.15, 0.2) is 5.60 Å². The number of carbonyl (C=O) groups is 3. The van der Waals surface area contributed by atoms with E-state index in [9.17, 15) is 14.4 Å². The Kier molecular flexibility index (Phi) is 4.96. The Balaban J connectivity index is 2.52. The van der Waals surface area contributed by atoms with Crippen molar-refractivity contribution in [1.82, 2.24) is 0 Å². The van der Waals surface area contributed by atoms with Crippen LogP contribution in [0.4, 0.5) is 0 Å². The fraction of sp³-hybridized carbons (Fsp3) is 0.500. The SMILES string of the molecule is CCCC1(C(=O)OC)CC(=O)OC1(C)c1ccc(C(=O)OC)cc1. The number of benzene rings is 1. The molecule has 2 rings (SSSR count). The Morgan fingerprint density at radius 3 is 2.29 bits per heavy atom. The van der Waals surface area contributed by atoms with Crippen LogP contribution in [0.3, 0.4) is 0 Å². The maximum atomic E-state index is 12.6. The van der Waals surface area contributed by atoms with Gasteiger partial charge in [0.05, 0.1) is 26.2 Å². The van der Waals surface area contributed by atoms with E-state index < -0.39 is 28.9 Å². The lowest BCUT2D eigenvalue weighted by atomic mass is 9.66. The number of rotatable bonds is 5. The van der Waals surface area contributed by atoms with Gasteiger partial charge in [0.2, 0.25) is 0 Å². The molecule has 2 atom stereocenters. The quantitative estimate of drug-likeness (QED) is 0.608. The Morgan fingerprint density at radius 2 is 1.79 bits per heavy atom. The second-order valence-corrected chi connectivity index (χ2v) is 6.08. The van der Waals surface area contributed by atoms with Crippen molar-refractivity contribution in [2.24, 2.45) is 5.41 Å². The predicted molar refractivity (Wildman–Crippen MR) is 85.2 cm³/mol. The summed E-state index contributed by atoms with van der Waals surface area (Å²) in [6, 6.07) is 6.54. The summed E-state index contributed by atoms with van der Waals surface area (Å²) >= 11 is 0. The highest BCUT2D eigenvalue weighted by atomic mass is 16.6. The monoisotopic (exact) mass is 334 g/mol. The van der Waals surface area contributed by atoms with Crippen LogP contribution in [-0.2, 0) is 29.4 Å². The van der Waals surface area contributed by atoms with Gasteiger partial charge in [0, 0.05) is 0 Å². The van der Waals surface area contributed by atoms with Crippen molar-refractivity contribution >= 4 is 17.9 Å². The molecule has 6 heteroatoms. The summed E-state index contributed by atoms with van der Waals surface area (Å²) in [5.41, 5.74) is -1.21. The summed E-state index contributed by atoms with van der Waals surface area (Å²) in [5, 5.41) is 0. The second kappa shape index (κ2) is 6.63. The van der Waals surface area contributed by atoms with E-state index in [1.165, 1.54) is 14.2 Å². The smallest absolute Gasteiger partial charge is 0.337 e. The first-order chi connectivity index (χ1) is 11.3. The minimum absolute atomic E-state index is 0.0250. The van der Waals surface area contributed by atoms with Crippen molar-refractivity contribution in [3.8, 4) is 0 Å². The molecule has 0 aromatic heterocycles. The van der Waals surface area contributed by atoms with Crippen molar-refractivity contribution in [1.29, 1.82) is 0 Å². The van der Waals surface area contributed by atoms with Gasteiger partial charge in [-0.1, -0.05) is 25.5 Å². The van der Waals surface area contributed by atoms with E-state index in [0.717, 1.165) is 0 Å². The number of ether oxygens (including phenoxy) is 3. The third kappa shape index (κ3) is 2.66. The van der Waals surface area contributed by atoms with Crippen LogP contribution in [0.2, 0.25) is 0 Å². The predicted octanol–water partition coefficient (Wildman–Crippen LogP) is 2.59. The fourth-order valence-electron chi connectivity index (χ4n) is 3.47. The molecular weight excluding hydrogens is 312 g/mol. The van der Waals surface area contributed by atoms with Gasteiger partial charge in [0.25, 0.3) is 0 Å². The van der Waals surface area contributed by atoms with Gasteiger partial charge in [0.1, 0.15) is 5.41 Å². The summed E-state index contributed by atoms with van der Waals surface area (Å²) in [6.07, 6.45) is 1.13. The summed E-state index contributed by atoms with van der Waals surface area (Å²) < 4.78 is 15.3. The van der Waals surface area contributed by atoms with Crippen LogP contribution in [0.5, 0.6) is 0 Å². The van der Waals surface area contributed by atoms with E-state index in [1.807, 2.05) is 6.92 Å². The van der Waals surface area contributed by atoms with E-state index in [4.69, 9.17) is 9.47 Å². The molecule has 1 aromatic rings. The molecule has 1 aromatic carbocycles. The van der Waals surface area contributed by atoms with Crippen LogP contribution in [0.1, 0.15) is 49.0 Å². The van der Waals surface area contributed by atoms with E-state index in [2.05, 4.69) is 4.74 Å². The molecule has 1 saturated heterocycles. The van der Waals surface area contributed by atoms with Gasteiger partial charge in [-0.05, 0) is 31.0 Å². The number of carbonyl (C=O) groups excluding carboxylic acids is 3. The highest BCUT2D eigenvalue weighted by Gasteiger charge is 2.63. The number of hydrogen-bond donors (Lipinski definition) is 0. The molecule has 1 aliphatic heterocycles. The summed E-state index contributed by atoms with van der Waals surface area (Å²) in [5.74, 6) is -1.36. The van der Waals surface area contributed by atoms with Crippen LogP contribution >= 0.6 is 0 Å². The summed E-state index contributed by atoms with van der Waals surface area (Å²) in [6.45, 7) is 3.66. The molecule has 6 nitrogen and oxygen atoms in total. The average Bonchev–Trinajstić information content (AvgIpc) is 2.85. The van der Waals surface area contributed by atoms with Crippen molar-refractivity contribution in [3.05, 3.63) is 35.4 Å². The van der Waals surface area contributed by atoms with Crippen LogP contribution in [0, 0.1) is 5.41 Å². The number of cyclic esters (lactones) is 1. The van der Waals surface area contributed by atoms with Gasteiger partial charge in [-0.2, -0.15) is 0 Å². The van der Waals surface area contributed by atoms with Crippen molar-refractivity contribution in [3.63, 3.8) is 0 Å².